The molecule has 3 nitrogen and oxygen atoms in total. The van der Waals surface area contributed by atoms with Gasteiger partial charge in [0.15, 0.2) is 0 Å². The third-order valence-electron chi connectivity index (χ3n) is 3.06. The highest BCUT2D eigenvalue weighted by molar-refractivity contribution is 6.29. The molecule has 0 aromatic heterocycles. The first-order chi connectivity index (χ1) is 7.70. The lowest BCUT2D eigenvalue weighted by Gasteiger charge is -2.12. The number of aliphatic hydroxyl groups is 1. The minimum Gasteiger partial charge on any atom is -0.395 e. The van der Waals surface area contributed by atoms with Crippen molar-refractivity contribution in [1.82, 2.24) is 0 Å². The molecule has 1 amide bonds. The van der Waals surface area contributed by atoms with Crippen molar-refractivity contribution in [2.24, 2.45) is 0 Å². The fourth-order valence-electron chi connectivity index (χ4n) is 1.79. The van der Waals surface area contributed by atoms with Gasteiger partial charge in [0.25, 0.3) is 0 Å². The molecule has 1 fully saturated rings. The number of aliphatic hydroxyl groups excluding tert-OH is 1. The largest absolute Gasteiger partial charge is 0.395 e. The van der Waals surface area contributed by atoms with Crippen LogP contribution in [0.25, 0.3) is 0 Å². The quantitative estimate of drug-likeness (QED) is 0.789. The molecule has 0 unspecified atom stereocenters. The molecule has 0 aliphatic heterocycles. The summed E-state index contributed by atoms with van der Waals surface area (Å²) in [5, 5.41) is 12.0. The molecule has 2 rings (SSSR count). The monoisotopic (exact) mass is 239 g/mol. The normalized spacial score (nSPS) is 16.9. The standard InChI is InChI=1S/C12H14ClNO2/c13-7-11(16)14-10-3-1-9(2-4-10)12(8-15)5-6-12/h1-4,15H,5-8H2,(H,14,16). The van der Waals surface area contributed by atoms with Gasteiger partial charge >= 0.3 is 0 Å². The fraction of sp³-hybridized carbons (Fsp3) is 0.417. The Bertz CT molecular complexity index is 385. The molecule has 0 radical (unpaired) electrons. The third-order valence-corrected chi connectivity index (χ3v) is 3.30. The molecule has 0 heterocycles. The van der Waals surface area contributed by atoms with Crippen molar-refractivity contribution in [1.29, 1.82) is 0 Å². The summed E-state index contributed by atoms with van der Waals surface area (Å²) in [4.78, 5) is 11.0. The molecule has 1 saturated carbocycles. The van der Waals surface area contributed by atoms with Crippen molar-refractivity contribution in [3.63, 3.8) is 0 Å². The van der Waals surface area contributed by atoms with Crippen LogP contribution in [0, 0.1) is 0 Å². The molecule has 0 bridgehead atoms. The Morgan fingerprint density at radius 3 is 2.44 bits per heavy atom. The molecule has 1 aliphatic carbocycles. The van der Waals surface area contributed by atoms with Crippen LogP contribution in [0.4, 0.5) is 5.69 Å². The highest BCUT2D eigenvalue weighted by Gasteiger charge is 2.43. The number of benzene rings is 1. The summed E-state index contributed by atoms with van der Waals surface area (Å²) >= 11 is 5.39. The molecule has 16 heavy (non-hydrogen) atoms. The molecule has 4 heteroatoms. The number of carbonyl (C=O) groups is 1. The number of rotatable bonds is 4. The van der Waals surface area contributed by atoms with Crippen molar-refractivity contribution in [2.45, 2.75) is 18.3 Å². The van der Waals surface area contributed by atoms with Gasteiger partial charge in [0, 0.05) is 11.1 Å². The van der Waals surface area contributed by atoms with Gasteiger partial charge in [0.05, 0.1) is 6.61 Å². The number of amides is 1. The summed E-state index contributed by atoms with van der Waals surface area (Å²) in [6, 6.07) is 7.59. The van der Waals surface area contributed by atoms with E-state index in [0.29, 0.717) is 0 Å². The smallest absolute Gasteiger partial charge is 0.239 e. The van der Waals surface area contributed by atoms with E-state index in [1.54, 1.807) is 0 Å². The van der Waals surface area contributed by atoms with Crippen LogP contribution < -0.4 is 5.32 Å². The van der Waals surface area contributed by atoms with Gasteiger partial charge in [0.2, 0.25) is 5.91 Å². The lowest BCUT2D eigenvalue weighted by Crippen LogP contribution is -2.14. The second-order valence-corrected chi connectivity index (χ2v) is 4.46. The first kappa shape index (κ1) is 11.4. The third kappa shape index (κ3) is 2.20. The zero-order valence-electron chi connectivity index (χ0n) is 8.87. The van der Waals surface area contributed by atoms with E-state index in [0.717, 1.165) is 24.1 Å². The highest BCUT2D eigenvalue weighted by Crippen LogP contribution is 2.47. The second kappa shape index (κ2) is 4.44. The Morgan fingerprint density at radius 1 is 1.38 bits per heavy atom. The lowest BCUT2D eigenvalue weighted by molar-refractivity contribution is -0.113. The summed E-state index contributed by atoms with van der Waals surface area (Å²) in [7, 11) is 0. The molecule has 1 aliphatic rings. The minimum absolute atomic E-state index is 0.0188. The first-order valence-electron chi connectivity index (χ1n) is 5.27. The summed E-state index contributed by atoms with van der Waals surface area (Å²) in [6.07, 6.45) is 2.08. The van der Waals surface area contributed by atoms with Crippen LogP contribution in [-0.2, 0) is 10.2 Å². The first-order valence-corrected chi connectivity index (χ1v) is 5.81. The maximum Gasteiger partial charge on any atom is 0.239 e. The van der Waals surface area contributed by atoms with Gasteiger partial charge in [-0.2, -0.15) is 0 Å². The van der Waals surface area contributed by atoms with Crippen molar-refractivity contribution in [3.05, 3.63) is 29.8 Å². The van der Waals surface area contributed by atoms with Crippen LogP contribution >= 0.6 is 11.6 Å². The van der Waals surface area contributed by atoms with E-state index in [9.17, 15) is 9.90 Å². The fourth-order valence-corrected chi connectivity index (χ4v) is 1.86. The van der Waals surface area contributed by atoms with Crippen LogP contribution in [0.3, 0.4) is 0 Å². The van der Waals surface area contributed by atoms with E-state index in [1.165, 1.54) is 0 Å². The molecular formula is C12H14ClNO2. The Balaban J connectivity index is 2.08. The van der Waals surface area contributed by atoms with Crippen LogP contribution in [-0.4, -0.2) is 23.5 Å². The molecule has 2 N–H and O–H groups in total. The van der Waals surface area contributed by atoms with Gasteiger partial charge in [-0.15, -0.1) is 11.6 Å². The van der Waals surface area contributed by atoms with Crippen molar-refractivity contribution in [2.75, 3.05) is 17.8 Å². The molecule has 1 aromatic carbocycles. The van der Waals surface area contributed by atoms with Crippen LogP contribution in [0.1, 0.15) is 18.4 Å². The zero-order chi connectivity index (χ0) is 11.6. The van der Waals surface area contributed by atoms with E-state index < -0.39 is 0 Å². The molecule has 0 saturated heterocycles. The molecule has 1 aromatic rings. The highest BCUT2D eigenvalue weighted by atomic mass is 35.5. The lowest BCUT2D eigenvalue weighted by atomic mass is 9.97. The SMILES string of the molecule is O=C(CCl)Nc1ccc(C2(CO)CC2)cc1. The average molecular weight is 240 g/mol. The predicted molar refractivity (Wildman–Crippen MR) is 63.8 cm³/mol. The van der Waals surface area contributed by atoms with E-state index in [1.807, 2.05) is 24.3 Å². The van der Waals surface area contributed by atoms with Crippen LogP contribution in [0.15, 0.2) is 24.3 Å². The summed E-state index contributed by atoms with van der Waals surface area (Å²) in [6.45, 7) is 0.195. The van der Waals surface area contributed by atoms with Gasteiger partial charge in [-0.3, -0.25) is 4.79 Å². The van der Waals surface area contributed by atoms with E-state index in [4.69, 9.17) is 11.6 Å². The molecule has 0 atom stereocenters. The number of alkyl halides is 1. The number of anilines is 1. The topological polar surface area (TPSA) is 49.3 Å². The number of hydrogen-bond donors (Lipinski definition) is 2. The van der Waals surface area contributed by atoms with E-state index >= 15 is 0 Å². The molecular weight excluding hydrogens is 226 g/mol. The molecule has 0 spiro atoms. The summed E-state index contributed by atoms with van der Waals surface area (Å²) in [5.74, 6) is -0.250. The molecule has 86 valence electrons. The Hall–Kier alpha value is -1.06. The van der Waals surface area contributed by atoms with Crippen molar-refractivity contribution < 1.29 is 9.90 Å². The van der Waals surface area contributed by atoms with Crippen LogP contribution in [0.5, 0.6) is 0 Å². The number of halogens is 1. The summed E-state index contributed by atoms with van der Waals surface area (Å²) < 4.78 is 0. The van der Waals surface area contributed by atoms with Gasteiger partial charge in [-0.05, 0) is 30.5 Å². The number of hydrogen-bond acceptors (Lipinski definition) is 2. The van der Waals surface area contributed by atoms with Gasteiger partial charge in [-0.25, -0.2) is 0 Å². The number of nitrogens with one attached hydrogen (secondary N) is 1. The zero-order valence-corrected chi connectivity index (χ0v) is 9.63. The summed E-state index contributed by atoms with van der Waals surface area (Å²) in [5.41, 5.74) is 1.86. The van der Waals surface area contributed by atoms with E-state index in [-0.39, 0.29) is 23.8 Å². The van der Waals surface area contributed by atoms with Gasteiger partial charge in [0.1, 0.15) is 5.88 Å². The predicted octanol–water partition coefficient (Wildman–Crippen LogP) is 1.89. The van der Waals surface area contributed by atoms with Crippen molar-refractivity contribution >= 4 is 23.2 Å². The maximum atomic E-state index is 11.0. The average Bonchev–Trinajstić information content (AvgIpc) is 3.11. The Labute approximate surface area is 99.4 Å². The Morgan fingerprint density at radius 2 is 2.00 bits per heavy atom. The second-order valence-electron chi connectivity index (χ2n) is 4.20. The van der Waals surface area contributed by atoms with Crippen molar-refractivity contribution in [3.8, 4) is 0 Å². The van der Waals surface area contributed by atoms with Gasteiger partial charge in [-0.1, -0.05) is 12.1 Å². The van der Waals surface area contributed by atoms with E-state index in [2.05, 4.69) is 5.32 Å². The maximum absolute atomic E-state index is 11.0. The number of carbonyl (C=O) groups excluding carboxylic acids is 1. The minimum atomic E-state index is -0.210. The van der Waals surface area contributed by atoms with Crippen LogP contribution in [0.2, 0.25) is 0 Å². The van der Waals surface area contributed by atoms with Gasteiger partial charge < -0.3 is 10.4 Å². The Kier molecular flexibility index (Phi) is 3.17.